The SMILES string of the molecule is C=C(C)C(=O)OC(C)[Si]1(CC)CCC(CC)(c2ccccc2)O[Si]1(CC)CC. The zero-order valence-electron chi connectivity index (χ0n) is 18.6. The van der Waals surface area contributed by atoms with Crippen LogP contribution in [-0.4, -0.2) is 27.1 Å². The molecule has 0 saturated carbocycles. The lowest BCUT2D eigenvalue weighted by Crippen LogP contribution is -2.74. The molecular formula is C23H38O3Si2. The van der Waals surface area contributed by atoms with E-state index in [1.807, 2.05) is 0 Å². The van der Waals surface area contributed by atoms with Crippen molar-refractivity contribution in [3.8, 4) is 0 Å². The Morgan fingerprint density at radius 3 is 2.25 bits per heavy atom. The minimum absolute atomic E-state index is 0.0288. The van der Waals surface area contributed by atoms with Crippen LogP contribution in [0.25, 0.3) is 0 Å². The van der Waals surface area contributed by atoms with Gasteiger partial charge in [0, 0.05) is 5.57 Å². The molecule has 2 rings (SSSR count). The predicted octanol–water partition coefficient (Wildman–Crippen LogP) is 6.29. The molecule has 0 bridgehead atoms. The third-order valence-electron chi connectivity index (χ3n) is 7.33. The lowest BCUT2D eigenvalue weighted by Gasteiger charge is -2.58. The fraction of sp³-hybridized carbons (Fsp3) is 0.609. The van der Waals surface area contributed by atoms with E-state index in [0.29, 0.717) is 5.57 Å². The number of carbonyl (C=O) groups excluding carboxylic acids is 1. The van der Waals surface area contributed by atoms with Crippen molar-refractivity contribution in [2.24, 2.45) is 0 Å². The van der Waals surface area contributed by atoms with Crippen LogP contribution in [-0.2, 0) is 19.6 Å². The Kier molecular flexibility index (Phi) is 7.51. The monoisotopic (exact) mass is 418 g/mol. The van der Waals surface area contributed by atoms with Gasteiger partial charge >= 0.3 is 5.97 Å². The van der Waals surface area contributed by atoms with Crippen molar-refractivity contribution >= 4 is 21.4 Å². The zero-order valence-corrected chi connectivity index (χ0v) is 20.6. The van der Waals surface area contributed by atoms with Crippen LogP contribution < -0.4 is 0 Å². The first-order valence-electron chi connectivity index (χ1n) is 10.9. The Bertz CT molecular complexity index is 686. The molecule has 1 aromatic carbocycles. The highest BCUT2D eigenvalue weighted by Gasteiger charge is 2.63. The van der Waals surface area contributed by atoms with E-state index in [-0.39, 0.29) is 17.3 Å². The molecule has 3 unspecified atom stereocenters. The molecule has 1 fully saturated rings. The van der Waals surface area contributed by atoms with E-state index < -0.39 is 15.4 Å². The molecule has 0 N–H and O–H groups in total. The summed E-state index contributed by atoms with van der Waals surface area (Å²) in [7, 11) is -4.04. The number of benzene rings is 1. The summed E-state index contributed by atoms with van der Waals surface area (Å²) < 4.78 is 13.3. The molecule has 0 spiro atoms. The van der Waals surface area contributed by atoms with E-state index in [1.54, 1.807) is 6.92 Å². The van der Waals surface area contributed by atoms with Crippen molar-refractivity contribution in [1.82, 2.24) is 0 Å². The van der Waals surface area contributed by atoms with E-state index in [0.717, 1.165) is 31.0 Å². The molecule has 28 heavy (non-hydrogen) atoms. The molecule has 1 saturated heterocycles. The molecule has 3 nitrogen and oxygen atoms in total. The van der Waals surface area contributed by atoms with Crippen LogP contribution in [0.2, 0.25) is 24.2 Å². The Morgan fingerprint density at radius 2 is 1.79 bits per heavy atom. The predicted molar refractivity (Wildman–Crippen MR) is 122 cm³/mol. The maximum absolute atomic E-state index is 12.3. The highest BCUT2D eigenvalue weighted by Crippen LogP contribution is 2.51. The van der Waals surface area contributed by atoms with Gasteiger partial charge in [-0.25, -0.2) is 4.79 Å². The molecule has 0 aliphatic carbocycles. The topological polar surface area (TPSA) is 35.5 Å². The van der Waals surface area contributed by atoms with E-state index in [2.05, 4.69) is 71.5 Å². The van der Waals surface area contributed by atoms with Gasteiger partial charge in [0.25, 0.3) is 0 Å². The van der Waals surface area contributed by atoms with Gasteiger partial charge in [0.15, 0.2) is 7.83 Å². The van der Waals surface area contributed by atoms with Crippen LogP contribution in [0, 0.1) is 0 Å². The average molecular weight is 419 g/mol. The molecule has 3 atom stereocenters. The summed E-state index contributed by atoms with van der Waals surface area (Å²) in [4.78, 5) is 12.3. The second kappa shape index (κ2) is 9.10. The van der Waals surface area contributed by atoms with E-state index in [4.69, 9.17) is 9.16 Å². The van der Waals surface area contributed by atoms with Crippen LogP contribution in [0.15, 0.2) is 42.5 Å². The molecule has 1 aliphatic rings. The van der Waals surface area contributed by atoms with E-state index >= 15 is 0 Å². The van der Waals surface area contributed by atoms with E-state index in [9.17, 15) is 4.79 Å². The summed E-state index contributed by atoms with van der Waals surface area (Å²) in [5.41, 5.74) is 1.57. The van der Waals surface area contributed by atoms with Crippen molar-refractivity contribution in [3.63, 3.8) is 0 Å². The van der Waals surface area contributed by atoms with Gasteiger partial charge in [0.2, 0.25) is 0 Å². The second-order valence-corrected chi connectivity index (χ2v) is 22.0. The van der Waals surface area contributed by atoms with Gasteiger partial charge < -0.3 is 9.16 Å². The normalized spacial score (nSPS) is 27.8. The number of hydrogen-bond acceptors (Lipinski definition) is 3. The Morgan fingerprint density at radius 1 is 1.18 bits per heavy atom. The van der Waals surface area contributed by atoms with Crippen LogP contribution >= 0.6 is 0 Å². The lowest BCUT2D eigenvalue weighted by atomic mass is 9.89. The van der Waals surface area contributed by atoms with Crippen molar-refractivity contribution in [2.75, 3.05) is 0 Å². The molecule has 0 amide bonds. The molecule has 156 valence electrons. The highest BCUT2D eigenvalue weighted by molar-refractivity contribution is 7.40. The number of carbonyl (C=O) groups is 1. The van der Waals surface area contributed by atoms with Crippen LogP contribution in [0.5, 0.6) is 0 Å². The molecule has 1 aliphatic heterocycles. The van der Waals surface area contributed by atoms with Crippen LogP contribution in [0.3, 0.4) is 0 Å². The molecule has 0 radical (unpaired) electrons. The van der Waals surface area contributed by atoms with Gasteiger partial charge in [-0.1, -0.05) is 76.7 Å². The van der Waals surface area contributed by atoms with E-state index in [1.165, 1.54) is 11.6 Å². The minimum Gasteiger partial charge on any atom is -0.463 e. The first-order valence-corrected chi connectivity index (χ1v) is 16.7. The average Bonchev–Trinajstić information content (AvgIpc) is 2.73. The maximum Gasteiger partial charge on any atom is 0.333 e. The Hall–Kier alpha value is -1.18. The fourth-order valence-electron chi connectivity index (χ4n) is 5.41. The van der Waals surface area contributed by atoms with Gasteiger partial charge in [0.1, 0.15) is 7.59 Å². The molecule has 1 heterocycles. The largest absolute Gasteiger partial charge is 0.463 e. The number of esters is 1. The van der Waals surface area contributed by atoms with Gasteiger partial charge in [-0.2, -0.15) is 0 Å². The first-order chi connectivity index (χ1) is 13.3. The number of hydrogen-bond donors (Lipinski definition) is 0. The third-order valence-corrected chi connectivity index (χ3v) is 27.2. The zero-order chi connectivity index (χ0) is 21.0. The summed E-state index contributed by atoms with van der Waals surface area (Å²) in [6.07, 6.45) is 2.01. The Labute approximate surface area is 173 Å². The molecular weight excluding hydrogens is 380 g/mol. The van der Waals surface area contributed by atoms with Gasteiger partial charge in [-0.05, 0) is 44.3 Å². The molecule has 0 aromatic heterocycles. The van der Waals surface area contributed by atoms with Gasteiger partial charge in [0.05, 0.1) is 11.3 Å². The summed E-state index contributed by atoms with van der Waals surface area (Å²) in [5.74, 6) is -0.252. The summed E-state index contributed by atoms with van der Waals surface area (Å²) >= 11 is 0. The van der Waals surface area contributed by atoms with Gasteiger partial charge in [-0.15, -0.1) is 0 Å². The smallest absolute Gasteiger partial charge is 0.333 e. The molecule has 1 aromatic rings. The number of rotatable bonds is 8. The van der Waals surface area contributed by atoms with Crippen molar-refractivity contribution in [3.05, 3.63) is 48.0 Å². The first kappa shape index (κ1) is 23.1. The highest BCUT2D eigenvalue weighted by atomic mass is 29.3. The minimum atomic E-state index is -2.08. The fourth-order valence-corrected chi connectivity index (χ4v) is 24.8. The summed E-state index contributed by atoms with van der Waals surface area (Å²) in [6.45, 7) is 16.8. The molecule has 5 heteroatoms. The third kappa shape index (κ3) is 3.81. The van der Waals surface area contributed by atoms with Crippen molar-refractivity contribution < 1.29 is 14.0 Å². The summed E-state index contributed by atoms with van der Waals surface area (Å²) in [6, 6.07) is 15.2. The van der Waals surface area contributed by atoms with Crippen LogP contribution in [0.4, 0.5) is 0 Å². The quantitative estimate of drug-likeness (QED) is 0.283. The van der Waals surface area contributed by atoms with Crippen molar-refractivity contribution in [2.45, 2.75) is 89.9 Å². The van der Waals surface area contributed by atoms with Crippen LogP contribution in [0.1, 0.15) is 59.9 Å². The van der Waals surface area contributed by atoms with Crippen molar-refractivity contribution in [1.29, 1.82) is 0 Å². The van der Waals surface area contributed by atoms with Gasteiger partial charge in [-0.3, -0.25) is 0 Å². The standard InChI is InChI=1S/C23H38O3Si2/c1-8-23(21-15-13-12-14-16-21)17-18-27(9-2,28(10-3,11-4)26-23)20(7)25-22(24)19(5)6/h12-16,20H,5,8-11,17-18H2,1-4,6-7H3. The second-order valence-electron chi connectivity index (χ2n) is 8.35. The number of ether oxygens (including phenoxy) is 1. The Balaban J connectivity index is 2.49. The maximum atomic E-state index is 12.3. The summed E-state index contributed by atoms with van der Waals surface area (Å²) in [5, 5.41) is 0. The lowest BCUT2D eigenvalue weighted by molar-refractivity contribution is -0.140.